The van der Waals surface area contributed by atoms with Crippen molar-refractivity contribution < 1.29 is 31.9 Å². The van der Waals surface area contributed by atoms with Crippen molar-refractivity contribution in [2.45, 2.75) is 134 Å². The Bertz CT molecular complexity index is 1510. The van der Waals surface area contributed by atoms with Gasteiger partial charge < -0.3 is 26.0 Å². The molecule has 14 heteroatoms. The van der Waals surface area contributed by atoms with E-state index in [1.165, 1.54) is 11.3 Å². The largest absolute Gasteiger partial charge is 0.487 e. The van der Waals surface area contributed by atoms with Gasteiger partial charge in [0.15, 0.2) is 5.78 Å². The van der Waals surface area contributed by atoms with Crippen molar-refractivity contribution in [2.24, 2.45) is 11.7 Å². The number of amides is 2. The number of ketones is 1. The fourth-order valence-electron chi connectivity index (χ4n) is 7.46. The Kier molecular flexibility index (Phi) is 12.1. The van der Waals surface area contributed by atoms with Gasteiger partial charge in [0.05, 0.1) is 17.0 Å². The molecule has 0 bridgehead atoms. The number of hydrogen-bond acceptors (Lipinski definition) is 8. The molecule has 2 fully saturated rings. The van der Waals surface area contributed by atoms with E-state index in [2.05, 4.69) is 15.4 Å². The summed E-state index contributed by atoms with van der Waals surface area (Å²) in [6.45, 7) is 8.38. The Morgan fingerprint density at radius 1 is 1.06 bits per heavy atom. The monoisotopic (exact) mass is 692 g/mol. The molecule has 1 saturated carbocycles. The Balaban J connectivity index is 1.30. The number of carbonyl (C=O) groups is 3. The van der Waals surface area contributed by atoms with Gasteiger partial charge in [-0.05, 0) is 89.3 Å². The number of likely N-dealkylation sites (tertiary alicyclic amines) is 1. The van der Waals surface area contributed by atoms with Crippen LogP contribution in [0.4, 0.5) is 4.39 Å². The third kappa shape index (κ3) is 8.66. The summed E-state index contributed by atoms with van der Waals surface area (Å²) in [5, 5.41) is 13.6. The minimum Gasteiger partial charge on any atom is -0.487 e. The highest BCUT2D eigenvalue weighted by molar-refractivity contribution is 7.90. The number of nitrogens with one attached hydrogen (secondary N) is 4. The molecule has 268 valence electrons. The van der Waals surface area contributed by atoms with Crippen LogP contribution in [0.1, 0.15) is 100 Å². The molecule has 1 aromatic rings. The molecule has 0 spiro atoms. The van der Waals surface area contributed by atoms with Crippen molar-refractivity contribution in [3.05, 3.63) is 22.3 Å². The molecule has 3 aliphatic rings. The fraction of sp³-hybridized carbons (Fsp3) is 0.706. The van der Waals surface area contributed by atoms with Gasteiger partial charge in [-0.2, -0.15) is 0 Å². The van der Waals surface area contributed by atoms with Crippen molar-refractivity contribution in [2.75, 3.05) is 19.8 Å². The molecule has 2 amide bonds. The van der Waals surface area contributed by atoms with Crippen LogP contribution < -0.4 is 25.8 Å². The number of ether oxygens (including phenoxy) is 1. The number of fused-ring (bicyclic) bond motifs is 1. The normalized spacial score (nSPS) is 20.4. The van der Waals surface area contributed by atoms with E-state index in [1.807, 2.05) is 20.8 Å². The molecule has 1 aliphatic carbocycles. The zero-order valence-corrected chi connectivity index (χ0v) is 29.8. The third-order valence-electron chi connectivity index (χ3n) is 10.1. The van der Waals surface area contributed by atoms with E-state index in [1.54, 1.807) is 13.8 Å². The van der Waals surface area contributed by atoms with Crippen LogP contribution in [0.5, 0.6) is 5.75 Å². The SMILES string of the molecule is Cc1c(C)c(S(=O)(=O)NC(=N)NCCC[C@H](NC(=O)[C@@H]2CCCN2C(=O)[C@@H](N)CC2CCCCC2)C(=O)CF)c(C)c2c1OC(C)(C)C2. The van der Waals surface area contributed by atoms with Crippen LogP contribution in [0.15, 0.2) is 4.90 Å². The van der Waals surface area contributed by atoms with Crippen LogP contribution >= 0.6 is 0 Å². The molecule has 2 heterocycles. The van der Waals surface area contributed by atoms with E-state index in [0.717, 1.165) is 36.8 Å². The zero-order valence-electron chi connectivity index (χ0n) is 29.0. The van der Waals surface area contributed by atoms with Gasteiger partial charge in [-0.3, -0.25) is 19.8 Å². The lowest BCUT2D eigenvalue weighted by atomic mass is 9.84. The molecule has 2 aliphatic heterocycles. The van der Waals surface area contributed by atoms with Crippen molar-refractivity contribution in [3.8, 4) is 5.75 Å². The van der Waals surface area contributed by atoms with Crippen LogP contribution in [-0.4, -0.2) is 80.4 Å². The molecular weight excluding hydrogens is 639 g/mol. The summed E-state index contributed by atoms with van der Waals surface area (Å²) in [7, 11) is -4.12. The Morgan fingerprint density at radius 2 is 1.75 bits per heavy atom. The summed E-state index contributed by atoms with van der Waals surface area (Å²) in [6.07, 6.45) is 8.07. The van der Waals surface area contributed by atoms with Gasteiger partial charge >= 0.3 is 0 Å². The maximum Gasteiger partial charge on any atom is 0.264 e. The van der Waals surface area contributed by atoms with Gasteiger partial charge in [0, 0.05) is 25.1 Å². The number of alkyl halides is 1. The van der Waals surface area contributed by atoms with Crippen LogP contribution in [0.2, 0.25) is 0 Å². The number of hydrogen-bond donors (Lipinski definition) is 5. The fourth-order valence-corrected chi connectivity index (χ4v) is 8.99. The summed E-state index contributed by atoms with van der Waals surface area (Å²) in [5.41, 5.74) is 8.53. The highest BCUT2D eigenvalue weighted by Gasteiger charge is 2.39. The highest BCUT2D eigenvalue weighted by Crippen LogP contribution is 2.43. The number of guanidine groups is 1. The van der Waals surface area contributed by atoms with Crippen LogP contribution in [0.25, 0.3) is 0 Å². The first-order chi connectivity index (χ1) is 22.6. The maximum absolute atomic E-state index is 13.5. The van der Waals surface area contributed by atoms with E-state index >= 15 is 0 Å². The molecule has 4 rings (SSSR count). The lowest BCUT2D eigenvalue weighted by molar-refractivity contribution is -0.140. The van der Waals surface area contributed by atoms with Gasteiger partial charge in [0.25, 0.3) is 10.0 Å². The first-order valence-electron chi connectivity index (χ1n) is 17.2. The quantitative estimate of drug-likeness (QED) is 0.119. The maximum atomic E-state index is 13.5. The second-order valence-electron chi connectivity index (χ2n) is 14.3. The van der Waals surface area contributed by atoms with E-state index in [-0.39, 0.29) is 30.2 Å². The number of benzene rings is 1. The second-order valence-corrected chi connectivity index (χ2v) is 15.9. The topological polar surface area (TPSA) is 184 Å². The number of nitrogens with two attached hydrogens (primary N) is 1. The molecule has 0 unspecified atom stereocenters. The number of nitrogens with zero attached hydrogens (tertiary/aromatic N) is 1. The predicted molar refractivity (Wildman–Crippen MR) is 181 cm³/mol. The van der Waals surface area contributed by atoms with Crippen molar-refractivity contribution in [1.82, 2.24) is 20.3 Å². The molecule has 1 aromatic carbocycles. The van der Waals surface area contributed by atoms with Crippen LogP contribution in [-0.2, 0) is 30.8 Å². The number of halogens is 1. The zero-order chi connectivity index (χ0) is 35.4. The lowest BCUT2D eigenvalue weighted by Gasteiger charge is -2.30. The first-order valence-corrected chi connectivity index (χ1v) is 18.7. The molecule has 0 aromatic heterocycles. The molecule has 0 radical (unpaired) electrons. The van der Waals surface area contributed by atoms with E-state index in [0.29, 0.717) is 55.0 Å². The molecule has 6 N–H and O–H groups in total. The van der Waals surface area contributed by atoms with E-state index < -0.39 is 58.1 Å². The Morgan fingerprint density at radius 3 is 2.42 bits per heavy atom. The lowest BCUT2D eigenvalue weighted by Crippen LogP contribution is -2.54. The Labute approximate surface area is 284 Å². The second kappa shape index (κ2) is 15.5. The van der Waals surface area contributed by atoms with E-state index in [9.17, 15) is 27.2 Å². The van der Waals surface area contributed by atoms with Crippen molar-refractivity contribution in [1.29, 1.82) is 5.41 Å². The first kappa shape index (κ1) is 37.6. The smallest absolute Gasteiger partial charge is 0.264 e. The number of rotatable bonds is 13. The van der Waals surface area contributed by atoms with Crippen LogP contribution in [0, 0.1) is 32.1 Å². The highest BCUT2D eigenvalue weighted by atomic mass is 32.2. The Hall–Kier alpha value is -3.26. The molecule has 1 saturated heterocycles. The van der Waals surface area contributed by atoms with E-state index in [4.69, 9.17) is 15.9 Å². The van der Waals surface area contributed by atoms with Crippen molar-refractivity contribution in [3.63, 3.8) is 0 Å². The standard InChI is InChI=1S/C34H53FN6O6S/c1-20-21(2)30(22(3)24-18-34(4,5)47-29(20)24)48(45,46)40-33(37)38-15-9-13-26(28(42)19-35)39-31(43)27-14-10-16-41(27)32(44)25(36)17-23-11-7-6-8-12-23/h23,25-27H,6-19,36H2,1-5H3,(H,39,43)(H3,37,38,40)/t25-,26-,27-/m0/s1. The number of sulfonamides is 1. The summed E-state index contributed by atoms with van der Waals surface area (Å²) in [4.78, 5) is 40.5. The summed E-state index contributed by atoms with van der Waals surface area (Å²) < 4.78 is 48.7. The third-order valence-corrected chi connectivity index (χ3v) is 11.7. The van der Waals surface area contributed by atoms with Gasteiger partial charge in [-0.1, -0.05) is 32.1 Å². The summed E-state index contributed by atoms with van der Waals surface area (Å²) >= 11 is 0. The molecule has 3 atom stereocenters. The molecule has 48 heavy (non-hydrogen) atoms. The minimum atomic E-state index is -4.12. The minimum absolute atomic E-state index is 0.0569. The molecule has 12 nitrogen and oxygen atoms in total. The average molecular weight is 693 g/mol. The summed E-state index contributed by atoms with van der Waals surface area (Å²) in [6, 6.07) is -2.60. The molecular formula is C34H53FN6O6S. The number of Topliss-reactive ketones (excluding diaryl/α,β-unsaturated/α-hetero) is 1. The van der Waals surface area contributed by atoms with Gasteiger partial charge in [0.2, 0.25) is 17.8 Å². The predicted octanol–water partition coefficient (Wildman–Crippen LogP) is 3.22. The van der Waals surface area contributed by atoms with Gasteiger partial charge in [-0.25, -0.2) is 17.5 Å². The van der Waals surface area contributed by atoms with Crippen LogP contribution in [0.3, 0.4) is 0 Å². The van der Waals surface area contributed by atoms with Crippen molar-refractivity contribution >= 4 is 33.6 Å². The average Bonchev–Trinajstić information content (AvgIpc) is 3.65. The summed E-state index contributed by atoms with van der Waals surface area (Å²) in [5.74, 6) is -0.926. The van der Waals surface area contributed by atoms with Gasteiger partial charge in [-0.15, -0.1) is 0 Å². The van der Waals surface area contributed by atoms with Gasteiger partial charge in [0.1, 0.15) is 24.1 Å². The number of carbonyl (C=O) groups excluding carboxylic acids is 3.